The molecule has 16 heavy (non-hydrogen) atoms. The predicted octanol–water partition coefficient (Wildman–Crippen LogP) is 2.20. The second-order valence-electron chi connectivity index (χ2n) is 3.59. The van der Waals surface area contributed by atoms with E-state index in [0.717, 1.165) is 19.3 Å². The Morgan fingerprint density at radius 2 is 2.00 bits per heavy atom. The van der Waals surface area contributed by atoms with Gasteiger partial charge in [0.05, 0.1) is 10.6 Å². The molecule has 0 fully saturated rings. The Morgan fingerprint density at radius 3 is 2.69 bits per heavy atom. The van der Waals surface area contributed by atoms with Crippen molar-refractivity contribution in [3.05, 3.63) is 34.9 Å². The van der Waals surface area contributed by atoms with Crippen LogP contribution >= 0.6 is 11.6 Å². The lowest BCUT2D eigenvalue weighted by Gasteiger charge is -2.06. The van der Waals surface area contributed by atoms with Crippen LogP contribution in [0.5, 0.6) is 0 Å². The number of nitrogens with two attached hydrogens (primary N) is 1. The van der Waals surface area contributed by atoms with E-state index in [2.05, 4.69) is 5.32 Å². The fourth-order valence-corrected chi connectivity index (χ4v) is 1.61. The summed E-state index contributed by atoms with van der Waals surface area (Å²) in [5.74, 6) is -0.113. The molecule has 1 rings (SSSR count). The molecule has 1 aromatic rings. The molecule has 0 saturated carbocycles. The van der Waals surface area contributed by atoms with E-state index in [9.17, 15) is 4.79 Å². The Bertz CT molecular complexity index is 342. The van der Waals surface area contributed by atoms with Crippen molar-refractivity contribution in [1.82, 2.24) is 5.32 Å². The SMILES string of the molecule is NCCCCCNC(=O)c1ccccc1Cl. The number of rotatable bonds is 6. The van der Waals surface area contributed by atoms with E-state index in [-0.39, 0.29) is 5.91 Å². The maximum atomic E-state index is 11.7. The third-order valence-electron chi connectivity index (χ3n) is 2.28. The zero-order valence-electron chi connectivity index (χ0n) is 9.21. The van der Waals surface area contributed by atoms with Crippen LogP contribution in [0.15, 0.2) is 24.3 Å². The molecule has 0 radical (unpaired) electrons. The standard InChI is InChI=1S/C12H17ClN2O/c13-11-7-3-2-6-10(11)12(16)15-9-5-1-4-8-14/h2-3,6-7H,1,4-5,8-9,14H2,(H,15,16). The first kappa shape index (κ1) is 13.0. The van der Waals surface area contributed by atoms with Crippen LogP contribution in [0.2, 0.25) is 5.02 Å². The van der Waals surface area contributed by atoms with E-state index in [4.69, 9.17) is 17.3 Å². The molecule has 0 unspecified atom stereocenters. The average Bonchev–Trinajstić information content (AvgIpc) is 2.29. The third kappa shape index (κ3) is 4.21. The second kappa shape index (κ2) is 7.25. The molecule has 0 aliphatic heterocycles. The molecular formula is C12H17ClN2O. The van der Waals surface area contributed by atoms with Crippen LogP contribution in [0.3, 0.4) is 0 Å². The van der Waals surface area contributed by atoms with Gasteiger partial charge in [0.15, 0.2) is 0 Å². The Morgan fingerprint density at radius 1 is 1.25 bits per heavy atom. The van der Waals surface area contributed by atoms with Gasteiger partial charge in [-0.25, -0.2) is 0 Å². The van der Waals surface area contributed by atoms with Gasteiger partial charge in [-0.05, 0) is 31.5 Å². The van der Waals surface area contributed by atoms with Crippen LogP contribution in [0.4, 0.5) is 0 Å². The highest BCUT2D eigenvalue weighted by atomic mass is 35.5. The monoisotopic (exact) mass is 240 g/mol. The zero-order valence-corrected chi connectivity index (χ0v) is 9.96. The van der Waals surface area contributed by atoms with E-state index in [1.165, 1.54) is 0 Å². The summed E-state index contributed by atoms with van der Waals surface area (Å²) in [5, 5.41) is 3.32. The minimum atomic E-state index is -0.113. The number of hydrogen-bond acceptors (Lipinski definition) is 2. The molecule has 4 heteroatoms. The topological polar surface area (TPSA) is 55.1 Å². The van der Waals surface area contributed by atoms with Crippen LogP contribution in [0, 0.1) is 0 Å². The number of unbranched alkanes of at least 4 members (excludes halogenated alkanes) is 2. The van der Waals surface area contributed by atoms with Gasteiger partial charge < -0.3 is 11.1 Å². The molecule has 0 bridgehead atoms. The van der Waals surface area contributed by atoms with Gasteiger partial charge in [0.1, 0.15) is 0 Å². The minimum absolute atomic E-state index is 0.113. The van der Waals surface area contributed by atoms with Crippen molar-refractivity contribution in [3.8, 4) is 0 Å². The Hall–Kier alpha value is -1.06. The molecule has 0 aliphatic carbocycles. The summed E-state index contributed by atoms with van der Waals surface area (Å²) in [6.45, 7) is 1.38. The molecule has 0 heterocycles. The summed E-state index contributed by atoms with van der Waals surface area (Å²) in [6.07, 6.45) is 2.99. The molecule has 0 spiro atoms. The van der Waals surface area contributed by atoms with Gasteiger partial charge in [0.25, 0.3) is 5.91 Å². The Balaban J connectivity index is 2.33. The summed E-state index contributed by atoms with van der Waals surface area (Å²) in [6, 6.07) is 7.04. The van der Waals surface area contributed by atoms with Crippen molar-refractivity contribution in [2.75, 3.05) is 13.1 Å². The lowest BCUT2D eigenvalue weighted by molar-refractivity contribution is 0.0953. The summed E-state index contributed by atoms with van der Waals surface area (Å²) >= 11 is 5.90. The lowest BCUT2D eigenvalue weighted by Crippen LogP contribution is -2.24. The number of amides is 1. The van der Waals surface area contributed by atoms with Crippen molar-refractivity contribution in [1.29, 1.82) is 0 Å². The van der Waals surface area contributed by atoms with Crippen LogP contribution in [-0.2, 0) is 0 Å². The number of nitrogens with one attached hydrogen (secondary N) is 1. The fraction of sp³-hybridized carbons (Fsp3) is 0.417. The zero-order chi connectivity index (χ0) is 11.8. The molecule has 0 aromatic heterocycles. The van der Waals surface area contributed by atoms with Crippen LogP contribution in [0.1, 0.15) is 29.6 Å². The first-order valence-corrected chi connectivity index (χ1v) is 5.86. The number of hydrogen-bond donors (Lipinski definition) is 2. The van der Waals surface area contributed by atoms with Crippen molar-refractivity contribution in [3.63, 3.8) is 0 Å². The Kier molecular flexibility index (Phi) is 5.90. The van der Waals surface area contributed by atoms with E-state index >= 15 is 0 Å². The number of benzene rings is 1. The summed E-state index contributed by atoms with van der Waals surface area (Å²) in [7, 11) is 0. The minimum Gasteiger partial charge on any atom is -0.352 e. The number of carbonyl (C=O) groups excluding carboxylic acids is 1. The Labute approximate surface area is 101 Å². The highest BCUT2D eigenvalue weighted by Gasteiger charge is 2.07. The number of halogens is 1. The second-order valence-corrected chi connectivity index (χ2v) is 3.99. The van der Waals surface area contributed by atoms with Gasteiger partial charge >= 0.3 is 0 Å². The van der Waals surface area contributed by atoms with E-state index in [0.29, 0.717) is 23.7 Å². The third-order valence-corrected chi connectivity index (χ3v) is 2.61. The first-order chi connectivity index (χ1) is 7.75. The smallest absolute Gasteiger partial charge is 0.252 e. The highest BCUT2D eigenvalue weighted by Crippen LogP contribution is 2.14. The summed E-state index contributed by atoms with van der Waals surface area (Å²) < 4.78 is 0. The van der Waals surface area contributed by atoms with E-state index in [1.54, 1.807) is 24.3 Å². The van der Waals surface area contributed by atoms with Gasteiger partial charge in [-0.3, -0.25) is 4.79 Å². The fourth-order valence-electron chi connectivity index (χ4n) is 1.39. The molecule has 0 atom stereocenters. The molecule has 88 valence electrons. The lowest BCUT2D eigenvalue weighted by atomic mass is 10.2. The average molecular weight is 241 g/mol. The predicted molar refractivity (Wildman–Crippen MR) is 66.7 cm³/mol. The van der Waals surface area contributed by atoms with Crippen LogP contribution in [-0.4, -0.2) is 19.0 Å². The molecule has 3 N–H and O–H groups in total. The molecule has 1 aromatic carbocycles. The van der Waals surface area contributed by atoms with Crippen molar-refractivity contribution in [2.24, 2.45) is 5.73 Å². The quantitative estimate of drug-likeness (QED) is 0.749. The molecule has 0 aliphatic rings. The number of carbonyl (C=O) groups is 1. The van der Waals surface area contributed by atoms with Gasteiger partial charge in [0, 0.05) is 6.54 Å². The maximum Gasteiger partial charge on any atom is 0.252 e. The van der Waals surface area contributed by atoms with E-state index in [1.807, 2.05) is 0 Å². The van der Waals surface area contributed by atoms with Crippen LogP contribution < -0.4 is 11.1 Å². The van der Waals surface area contributed by atoms with Gasteiger partial charge in [0.2, 0.25) is 0 Å². The first-order valence-electron chi connectivity index (χ1n) is 5.48. The highest BCUT2D eigenvalue weighted by molar-refractivity contribution is 6.33. The van der Waals surface area contributed by atoms with Gasteiger partial charge in [-0.15, -0.1) is 0 Å². The van der Waals surface area contributed by atoms with Crippen molar-refractivity contribution in [2.45, 2.75) is 19.3 Å². The van der Waals surface area contributed by atoms with Gasteiger partial charge in [-0.1, -0.05) is 30.2 Å². The normalized spacial score (nSPS) is 10.1. The van der Waals surface area contributed by atoms with Crippen molar-refractivity contribution < 1.29 is 4.79 Å². The van der Waals surface area contributed by atoms with E-state index < -0.39 is 0 Å². The largest absolute Gasteiger partial charge is 0.352 e. The molecule has 0 saturated heterocycles. The maximum absolute atomic E-state index is 11.7. The summed E-state index contributed by atoms with van der Waals surface area (Å²) in [5.41, 5.74) is 5.91. The van der Waals surface area contributed by atoms with Crippen molar-refractivity contribution >= 4 is 17.5 Å². The molecule has 1 amide bonds. The summed E-state index contributed by atoms with van der Waals surface area (Å²) in [4.78, 5) is 11.7. The van der Waals surface area contributed by atoms with Crippen LogP contribution in [0.25, 0.3) is 0 Å². The molecular weight excluding hydrogens is 224 g/mol. The van der Waals surface area contributed by atoms with Gasteiger partial charge in [-0.2, -0.15) is 0 Å². The molecule has 3 nitrogen and oxygen atoms in total.